The molecule has 0 aromatic carbocycles. The van der Waals surface area contributed by atoms with Crippen LogP contribution in [-0.4, -0.2) is 23.8 Å². The second-order valence-corrected chi connectivity index (χ2v) is 3.87. The maximum absolute atomic E-state index is 6.10. The van der Waals surface area contributed by atoms with Gasteiger partial charge >= 0.3 is 0 Å². The molecule has 0 aromatic rings. The molecular weight excluding hydrogens is 196 g/mol. The van der Waals surface area contributed by atoms with Crippen LogP contribution in [0.4, 0.5) is 0 Å². The molecule has 0 amide bonds. The molecular formula is C11H17ClN2. The molecule has 0 unspecified atom stereocenters. The molecule has 2 nitrogen and oxygen atoms in total. The Balaban J connectivity index is 2.67. The first-order valence-corrected chi connectivity index (χ1v) is 5.58. The van der Waals surface area contributed by atoms with E-state index < -0.39 is 0 Å². The van der Waals surface area contributed by atoms with Gasteiger partial charge in [-0.3, -0.25) is 9.98 Å². The van der Waals surface area contributed by atoms with Gasteiger partial charge in [0.05, 0.1) is 17.6 Å². The smallest absolute Gasteiger partial charge is 0.0786 e. The quantitative estimate of drug-likeness (QED) is 0.642. The zero-order valence-corrected chi connectivity index (χ0v) is 9.59. The number of aliphatic imine (C=N–C) groups is 2. The highest BCUT2D eigenvalue weighted by Gasteiger charge is 2.13. The SMILES string of the molecule is CCC(=C/N=C1\CN=CC[C@H]1Cl)CC. The zero-order valence-electron chi connectivity index (χ0n) is 8.83. The van der Waals surface area contributed by atoms with Gasteiger partial charge in [0.2, 0.25) is 0 Å². The number of hydrogen-bond acceptors (Lipinski definition) is 2. The molecule has 1 aliphatic heterocycles. The first-order chi connectivity index (χ1) is 6.77. The van der Waals surface area contributed by atoms with Crippen LogP contribution in [0.2, 0.25) is 0 Å². The molecule has 14 heavy (non-hydrogen) atoms. The van der Waals surface area contributed by atoms with E-state index in [-0.39, 0.29) is 5.38 Å². The van der Waals surface area contributed by atoms with Gasteiger partial charge in [0.15, 0.2) is 0 Å². The van der Waals surface area contributed by atoms with Crippen LogP contribution in [0.3, 0.4) is 0 Å². The van der Waals surface area contributed by atoms with Crippen LogP contribution in [-0.2, 0) is 0 Å². The van der Waals surface area contributed by atoms with Gasteiger partial charge in [0.25, 0.3) is 0 Å². The Kier molecular flexibility index (Phi) is 4.88. The van der Waals surface area contributed by atoms with Crippen LogP contribution < -0.4 is 0 Å². The van der Waals surface area contributed by atoms with E-state index in [2.05, 4.69) is 23.8 Å². The highest BCUT2D eigenvalue weighted by atomic mass is 35.5. The maximum Gasteiger partial charge on any atom is 0.0786 e. The lowest BCUT2D eigenvalue weighted by Crippen LogP contribution is -2.22. The Labute approximate surface area is 90.8 Å². The van der Waals surface area contributed by atoms with E-state index in [0.717, 1.165) is 25.0 Å². The van der Waals surface area contributed by atoms with E-state index in [9.17, 15) is 0 Å². The van der Waals surface area contributed by atoms with Gasteiger partial charge in [0.1, 0.15) is 0 Å². The molecule has 1 heterocycles. The summed E-state index contributed by atoms with van der Waals surface area (Å²) in [6.07, 6.45) is 6.75. The largest absolute Gasteiger partial charge is 0.291 e. The number of halogens is 1. The molecule has 0 aromatic heterocycles. The number of allylic oxidation sites excluding steroid dienone is 1. The Morgan fingerprint density at radius 3 is 2.93 bits per heavy atom. The summed E-state index contributed by atoms with van der Waals surface area (Å²) in [5, 5.41) is 0.0405. The molecule has 1 atom stereocenters. The Hall–Kier alpha value is -0.630. The average Bonchev–Trinajstić information content (AvgIpc) is 2.22. The second-order valence-electron chi connectivity index (χ2n) is 3.34. The predicted molar refractivity (Wildman–Crippen MR) is 63.7 cm³/mol. The van der Waals surface area contributed by atoms with Gasteiger partial charge in [-0.25, -0.2) is 0 Å². The minimum absolute atomic E-state index is 0.0405. The minimum atomic E-state index is 0.0405. The summed E-state index contributed by atoms with van der Waals surface area (Å²) in [4.78, 5) is 8.58. The topological polar surface area (TPSA) is 24.7 Å². The first-order valence-electron chi connectivity index (χ1n) is 5.14. The van der Waals surface area contributed by atoms with Crippen LogP contribution in [0.25, 0.3) is 0 Å². The lowest BCUT2D eigenvalue weighted by atomic mass is 10.1. The van der Waals surface area contributed by atoms with Crippen molar-refractivity contribution < 1.29 is 0 Å². The fraction of sp³-hybridized carbons (Fsp3) is 0.636. The van der Waals surface area contributed by atoms with Gasteiger partial charge in [-0.05, 0) is 12.8 Å². The third kappa shape index (κ3) is 3.26. The first kappa shape index (κ1) is 11.4. The summed E-state index contributed by atoms with van der Waals surface area (Å²) in [6, 6.07) is 0. The number of nitrogens with zero attached hydrogens (tertiary/aromatic N) is 2. The third-order valence-corrected chi connectivity index (χ3v) is 2.81. The standard InChI is InChI=1S/C11H17ClN2/c1-3-9(4-2)7-14-11-8-13-6-5-10(11)12/h6-7,10H,3-5,8H2,1-2H3/b14-11+/t10-/m1/s1. The zero-order chi connectivity index (χ0) is 10.4. The van der Waals surface area contributed by atoms with Crippen molar-refractivity contribution >= 4 is 23.5 Å². The predicted octanol–water partition coefficient (Wildman–Crippen LogP) is 3.21. The van der Waals surface area contributed by atoms with Gasteiger partial charge in [-0.15, -0.1) is 11.6 Å². The van der Waals surface area contributed by atoms with E-state index in [1.54, 1.807) is 0 Å². The normalized spacial score (nSPS) is 23.9. The number of rotatable bonds is 3. The highest BCUT2D eigenvalue weighted by Crippen LogP contribution is 2.11. The van der Waals surface area contributed by atoms with Crippen molar-refractivity contribution in [1.82, 2.24) is 0 Å². The Bertz CT molecular complexity index is 260. The average molecular weight is 213 g/mol. The Morgan fingerprint density at radius 2 is 2.36 bits per heavy atom. The molecule has 0 aliphatic carbocycles. The molecule has 0 fully saturated rings. The van der Waals surface area contributed by atoms with Crippen LogP contribution in [0.15, 0.2) is 21.8 Å². The van der Waals surface area contributed by atoms with E-state index in [4.69, 9.17) is 11.6 Å². The van der Waals surface area contributed by atoms with Crippen molar-refractivity contribution in [2.75, 3.05) is 6.54 Å². The van der Waals surface area contributed by atoms with Gasteiger partial charge < -0.3 is 0 Å². The molecule has 0 spiro atoms. The summed E-state index contributed by atoms with van der Waals surface area (Å²) >= 11 is 6.10. The molecule has 78 valence electrons. The molecule has 1 rings (SSSR count). The Morgan fingerprint density at radius 1 is 1.64 bits per heavy atom. The van der Waals surface area contributed by atoms with Gasteiger partial charge in [-0.2, -0.15) is 0 Å². The molecule has 0 bridgehead atoms. The molecule has 0 N–H and O–H groups in total. The van der Waals surface area contributed by atoms with Crippen molar-refractivity contribution in [3.8, 4) is 0 Å². The van der Waals surface area contributed by atoms with Gasteiger partial charge in [-0.1, -0.05) is 19.4 Å². The lowest BCUT2D eigenvalue weighted by Gasteiger charge is -2.12. The fourth-order valence-electron chi connectivity index (χ4n) is 1.29. The minimum Gasteiger partial charge on any atom is -0.291 e. The molecule has 0 radical (unpaired) electrons. The van der Waals surface area contributed by atoms with E-state index in [1.165, 1.54) is 5.57 Å². The molecule has 1 aliphatic rings. The summed E-state index contributed by atoms with van der Waals surface area (Å²) in [6.45, 7) is 4.95. The second kappa shape index (κ2) is 5.97. The monoisotopic (exact) mass is 212 g/mol. The van der Waals surface area contributed by atoms with E-state index in [0.29, 0.717) is 6.54 Å². The summed E-state index contributed by atoms with van der Waals surface area (Å²) < 4.78 is 0. The lowest BCUT2D eigenvalue weighted by molar-refractivity contribution is 0.965. The van der Waals surface area contributed by atoms with E-state index in [1.807, 2.05) is 12.4 Å². The number of alkyl halides is 1. The van der Waals surface area contributed by atoms with Crippen molar-refractivity contribution in [2.24, 2.45) is 9.98 Å². The van der Waals surface area contributed by atoms with E-state index >= 15 is 0 Å². The third-order valence-electron chi connectivity index (χ3n) is 2.38. The summed E-state index contributed by atoms with van der Waals surface area (Å²) in [5.74, 6) is 0. The number of hydrogen-bond donors (Lipinski definition) is 0. The summed E-state index contributed by atoms with van der Waals surface area (Å²) in [5.41, 5.74) is 2.35. The molecule has 3 heteroatoms. The summed E-state index contributed by atoms with van der Waals surface area (Å²) in [7, 11) is 0. The van der Waals surface area contributed by atoms with Crippen LogP contribution in [0, 0.1) is 0 Å². The maximum atomic E-state index is 6.10. The van der Waals surface area contributed by atoms with Crippen molar-refractivity contribution in [2.45, 2.75) is 38.5 Å². The highest BCUT2D eigenvalue weighted by molar-refractivity contribution is 6.33. The van der Waals surface area contributed by atoms with Crippen LogP contribution in [0.1, 0.15) is 33.1 Å². The fourth-order valence-corrected chi connectivity index (χ4v) is 1.49. The van der Waals surface area contributed by atoms with Crippen molar-refractivity contribution in [3.63, 3.8) is 0 Å². The van der Waals surface area contributed by atoms with Crippen LogP contribution in [0.5, 0.6) is 0 Å². The van der Waals surface area contributed by atoms with Gasteiger partial charge in [0, 0.05) is 18.8 Å². The molecule has 0 saturated heterocycles. The van der Waals surface area contributed by atoms with Crippen molar-refractivity contribution in [1.29, 1.82) is 0 Å². The van der Waals surface area contributed by atoms with Crippen molar-refractivity contribution in [3.05, 3.63) is 11.8 Å². The van der Waals surface area contributed by atoms with Crippen LogP contribution >= 0.6 is 11.6 Å². The molecule has 0 saturated carbocycles.